The second-order valence-electron chi connectivity index (χ2n) is 5.25. The second kappa shape index (κ2) is 4.39. The largest absolute Gasteiger partial charge is 0.271 e. The van der Waals surface area contributed by atoms with E-state index in [9.17, 15) is 0 Å². The van der Waals surface area contributed by atoms with Gasteiger partial charge in [-0.3, -0.25) is 16.3 Å². The van der Waals surface area contributed by atoms with Gasteiger partial charge in [0.15, 0.2) is 0 Å². The summed E-state index contributed by atoms with van der Waals surface area (Å²) in [5, 5.41) is 0. The van der Waals surface area contributed by atoms with Crippen LogP contribution < -0.4 is 11.3 Å². The Morgan fingerprint density at radius 2 is 1.82 bits per heavy atom. The van der Waals surface area contributed by atoms with Gasteiger partial charge in [-0.25, -0.2) is 4.98 Å². The number of nitrogens with zero attached hydrogens (tertiary/aromatic N) is 2. The molecular formula is C13H18N4. The lowest BCUT2D eigenvalue weighted by Crippen LogP contribution is -2.37. The quantitative estimate of drug-likeness (QED) is 0.613. The van der Waals surface area contributed by atoms with Crippen LogP contribution in [-0.2, 0) is 0 Å². The molecule has 0 aliphatic rings. The third kappa shape index (κ3) is 2.43. The molecule has 1 atom stereocenters. The fourth-order valence-corrected chi connectivity index (χ4v) is 1.89. The molecule has 1 aromatic heterocycles. The minimum atomic E-state index is -0.0143. The van der Waals surface area contributed by atoms with Gasteiger partial charge in [-0.2, -0.15) is 0 Å². The van der Waals surface area contributed by atoms with E-state index in [1.165, 1.54) is 0 Å². The fourth-order valence-electron chi connectivity index (χ4n) is 1.89. The predicted molar refractivity (Wildman–Crippen MR) is 69.1 cm³/mol. The van der Waals surface area contributed by atoms with E-state index in [1.54, 1.807) is 6.20 Å². The highest BCUT2D eigenvalue weighted by Crippen LogP contribution is 2.31. The van der Waals surface area contributed by atoms with Gasteiger partial charge in [0.05, 0.1) is 29.0 Å². The summed E-state index contributed by atoms with van der Waals surface area (Å²) >= 11 is 0. The average molecular weight is 230 g/mol. The van der Waals surface area contributed by atoms with E-state index in [0.717, 1.165) is 16.7 Å². The average Bonchev–Trinajstić information content (AvgIpc) is 2.28. The van der Waals surface area contributed by atoms with Gasteiger partial charge in [0.1, 0.15) is 0 Å². The first-order valence-corrected chi connectivity index (χ1v) is 5.70. The molecule has 0 saturated heterocycles. The van der Waals surface area contributed by atoms with Crippen LogP contribution in [0, 0.1) is 5.41 Å². The van der Waals surface area contributed by atoms with Gasteiger partial charge in [0.25, 0.3) is 0 Å². The fraction of sp³-hybridized carbons (Fsp3) is 0.385. The van der Waals surface area contributed by atoms with Crippen molar-refractivity contribution in [1.29, 1.82) is 0 Å². The highest BCUT2D eigenvalue weighted by Gasteiger charge is 2.26. The van der Waals surface area contributed by atoms with E-state index in [1.807, 2.05) is 24.3 Å². The zero-order valence-corrected chi connectivity index (χ0v) is 10.4. The highest BCUT2D eigenvalue weighted by atomic mass is 15.2. The third-order valence-electron chi connectivity index (χ3n) is 2.80. The smallest absolute Gasteiger partial charge is 0.0890 e. The van der Waals surface area contributed by atoms with E-state index in [2.05, 4.69) is 36.2 Å². The van der Waals surface area contributed by atoms with Crippen molar-refractivity contribution in [2.24, 2.45) is 11.3 Å². The maximum Gasteiger partial charge on any atom is 0.0890 e. The molecule has 0 amide bonds. The van der Waals surface area contributed by atoms with Gasteiger partial charge < -0.3 is 0 Å². The van der Waals surface area contributed by atoms with Gasteiger partial charge in [0.2, 0.25) is 0 Å². The normalized spacial score (nSPS) is 13.9. The predicted octanol–water partition coefficient (Wildman–Crippen LogP) is 2.18. The number of rotatable bonds is 2. The molecule has 0 aliphatic carbocycles. The minimum absolute atomic E-state index is 0.00805. The van der Waals surface area contributed by atoms with Crippen LogP contribution in [0.4, 0.5) is 0 Å². The van der Waals surface area contributed by atoms with Gasteiger partial charge in [0, 0.05) is 0 Å². The molecule has 1 unspecified atom stereocenters. The van der Waals surface area contributed by atoms with Crippen molar-refractivity contribution in [2.45, 2.75) is 26.8 Å². The number of nitrogens with two attached hydrogens (primary N) is 1. The van der Waals surface area contributed by atoms with E-state index in [0.29, 0.717) is 0 Å². The summed E-state index contributed by atoms with van der Waals surface area (Å²) in [6.07, 6.45) is 1.79. The van der Waals surface area contributed by atoms with Crippen LogP contribution in [0.2, 0.25) is 0 Å². The van der Waals surface area contributed by atoms with Crippen molar-refractivity contribution < 1.29 is 0 Å². The van der Waals surface area contributed by atoms with E-state index in [4.69, 9.17) is 5.84 Å². The van der Waals surface area contributed by atoms with Crippen molar-refractivity contribution in [3.05, 3.63) is 36.2 Å². The first kappa shape index (κ1) is 12.0. The Kier molecular flexibility index (Phi) is 3.09. The summed E-state index contributed by atoms with van der Waals surface area (Å²) in [5.41, 5.74) is 5.49. The topological polar surface area (TPSA) is 63.8 Å². The second-order valence-corrected chi connectivity index (χ2v) is 5.25. The van der Waals surface area contributed by atoms with Crippen LogP contribution in [0.1, 0.15) is 32.5 Å². The van der Waals surface area contributed by atoms with E-state index >= 15 is 0 Å². The summed E-state index contributed by atoms with van der Waals surface area (Å²) in [6.45, 7) is 6.36. The summed E-state index contributed by atoms with van der Waals surface area (Å²) in [4.78, 5) is 9.01. The van der Waals surface area contributed by atoms with Crippen LogP contribution in [0.25, 0.3) is 11.0 Å². The van der Waals surface area contributed by atoms with Crippen molar-refractivity contribution in [3.8, 4) is 0 Å². The third-order valence-corrected chi connectivity index (χ3v) is 2.80. The number of para-hydroxylation sites is 2. The molecule has 1 heterocycles. The Morgan fingerprint density at radius 3 is 2.41 bits per heavy atom. The van der Waals surface area contributed by atoms with Crippen molar-refractivity contribution in [3.63, 3.8) is 0 Å². The number of nitrogens with one attached hydrogen (secondary N) is 1. The van der Waals surface area contributed by atoms with Gasteiger partial charge in [-0.15, -0.1) is 0 Å². The molecule has 1 aromatic carbocycles. The Balaban J connectivity index is 2.48. The number of fused-ring (bicyclic) bond motifs is 1. The molecule has 2 aromatic rings. The maximum absolute atomic E-state index is 5.62. The summed E-state index contributed by atoms with van der Waals surface area (Å²) in [7, 11) is 0. The van der Waals surface area contributed by atoms with E-state index in [-0.39, 0.29) is 11.5 Å². The monoisotopic (exact) mass is 230 g/mol. The zero-order valence-electron chi connectivity index (χ0n) is 10.4. The number of hydrogen-bond donors (Lipinski definition) is 2. The molecule has 3 N–H and O–H groups in total. The molecule has 4 nitrogen and oxygen atoms in total. The molecule has 90 valence electrons. The van der Waals surface area contributed by atoms with Crippen molar-refractivity contribution >= 4 is 11.0 Å². The van der Waals surface area contributed by atoms with E-state index < -0.39 is 0 Å². The Morgan fingerprint density at radius 1 is 1.18 bits per heavy atom. The molecule has 17 heavy (non-hydrogen) atoms. The summed E-state index contributed by atoms with van der Waals surface area (Å²) in [6, 6.07) is 7.82. The molecule has 0 saturated carbocycles. The Bertz CT molecular complexity index is 516. The zero-order chi connectivity index (χ0) is 12.5. The maximum atomic E-state index is 5.62. The first-order chi connectivity index (χ1) is 8.02. The summed E-state index contributed by atoms with van der Waals surface area (Å²) in [5.74, 6) is 5.62. The molecule has 0 fully saturated rings. The molecule has 4 heteroatoms. The number of hydrogen-bond acceptors (Lipinski definition) is 4. The van der Waals surface area contributed by atoms with Gasteiger partial charge >= 0.3 is 0 Å². The lowest BCUT2D eigenvalue weighted by Gasteiger charge is -2.29. The SMILES string of the molecule is CC(C)(C)C(NN)c1cnc2ccccc2n1. The highest BCUT2D eigenvalue weighted by molar-refractivity contribution is 5.73. The Labute approximate surface area is 101 Å². The molecule has 0 spiro atoms. The molecular weight excluding hydrogens is 212 g/mol. The summed E-state index contributed by atoms with van der Waals surface area (Å²) < 4.78 is 0. The Hall–Kier alpha value is -1.52. The molecule has 0 radical (unpaired) electrons. The van der Waals surface area contributed by atoms with Gasteiger partial charge in [-0.1, -0.05) is 32.9 Å². The molecule has 0 bridgehead atoms. The molecule has 0 aliphatic heterocycles. The number of hydrazine groups is 1. The van der Waals surface area contributed by atoms with Gasteiger partial charge in [-0.05, 0) is 17.5 Å². The van der Waals surface area contributed by atoms with Crippen LogP contribution in [-0.4, -0.2) is 9.97 Å². The first-order valence-electron chi connectivity index (χ1n) is 5.70. The van der Waals surface area contributed by atoms with Crippen LogP contribution >= 0.6 is 0 Å². The lowest BCUT2D eigenvalue weighted by atomic mass is 9.85. The lowest BCUT2D eigenvalue weighted by molar-refractivity contribution is 0.270. The van der Waals surface area contributed by atoms with Crippen molar-refractivity contribution in [1.82, 2.24) is 15.4 Å². The van der Waals surface area contributed by atoms with Crippen LogP contribution in [0.5, 0.6) is 0 Å². The van der Waals surface area contributed by atoms with Crippen LogP contribution in [0.15, 0.2) is 30.5 Å². The standard InChI is InChI=1S/C13H18N4/c1-13(2,3)12(17-14)11-8-15-9-6-4-5-7-10(9)16-11/h4-8,12,17H,14H2,1-3H3. The number of benzene rings is 1. The minimum Gasteiger partial charge on any atom is -0.271 e. The molecule has 2 rings (SSSR count). The van der Waals surface area contributed by atoms with Crippen LogP contribution in [0.3, 0.4) is 0 Å². The van der Waals surface area contributed by atoms with Crippen molar-refractivity contribution in [2.75, 3.05) is 0 Å². The number of aromatic nitrogens is 2.